The van der Waals surface area contributed by atoms with E-state index in [9.17, 15) is 13.2 Å². The minimum atomic E-state index is -3.28. The van der Waals surface area contributed by atoms with Crippen molar-refractivity contribution in [3.63, 3.8) is 0 Å². The van der Waals surface area contributed by atoms with Gasteiger partial charge < -0.3 is 14.4 Å². The molecule has 0 radical (unpaired) electrons. The molecule has 2 heterocycles. The number of hydrogen-bond acceptors (Lipinski definition) is 8. The second-order valence-corrected chi connectivity index (χ2v) is 10.3. The molecule has 2 aromatic carbocycles. The van der Waals surface area contributed by atoms with Crippen molar-refractivity contribution in [2.24, 2.45) is 0 Å². The number of ether oxygens (including phenoxy) is 2. The second-order valence-electron chi connectivity index (χ2n) is 8.13. The number of carbonyl (C=O) groups is 1. The van der Waals surface area contributed by atoms with E-state index in [1.807, 2.05) is 13.0 Å². The number of para-hydroxylation sites is 1. The van der Waals surface area contributed by atoms with Crippen molar-refractivity contribution >= 4 is 27.4 Å². The molecule has 1 amide bonds. The van der Waals surface area contributed by atoms with Crippen LogP contribution in [-0.2, 0) is 20.3 Å². The summed E-state index contributed by atoms with van der Waals surface area (Å²) >= 11 is 0. The van der Waals surface area contributed by atoms with Crippen LogP contribution in [0.3, 0.4) is 0 Å². The number of amides is 1. The van der Waals surface area contributed by atoms with E-state index in [-0.39, 0.29) is 11.8 Å². The fraction of sp³-hybridized carbons (Fsp3) is 0.292. The number of nitrogens with one attached hydrogen (secondary N) is 1. The minimum Gasteiger partial charge on any atom is -0.410 e. The lowest BCUT2D eigenvalue weighted by Crippen LogP contribution is -2.44. The van der Waals surface area contributed by atoms with E-state index < -0.39 is 15.9 Å². The van der Waals surface area contributed by atoms with E-state index >= 15 is 0 Å². The molecule has 1 aliphatic heterocycles. The smallest absolute Gasteiger partial charge is 0.410 e. The van der Waals surface area contributed by atoms with E-state index in [0.29, 0.717) is 54.1 Å². The van der Waals surface area contributed by atoms with Crippen LogP contribution < -0.4 is 15.0 Å². The highest BCUT2D eigenvalue weighted by atomic mass is 32.2. The van der Waals surface area contributed by atoms with Crippen LogP contribution in [0, 0.1) is 0 Å². The Morgan fingerprint density at radius 3 is 2.56 bits per heavy atom. The fourth-order valence-corrected chi connectivity index (χ4v) is 4.30. The molecule has 4 rings (SSSR count). The first-order valence-electron chi connectivity index (χ1n) is 10.8. The van der Waals surface area contributed by atoms with Crippen LogP contribution in [0.4, 0.5) is 16.3 Å². The summed E-state index contributed by atoms with van der Waals surface area (Å²) in [5.74, 6) is 1.33. The van der Waals surface area contributed by atoms with Gasteiger partial charge >= 0.3 is 6.09 Å². The summed E-state index contributed by atoms with van der Waals surface area (Å²) in [5.41, 5.74) is 1.66. The molecular weight excluding hydrogens is 456 g/mol. The molecule has 0 aliphatic carbocycles. The lowest BCUT2D eigenvalue weighted by Gasteiger charge is -2.34. The number of benzene rings is 2. The predicted octanol–water partition coefficient (Wildman–Crippen LogP) is 3.52. The van der Waals surface area contributed by atoms with Crippen molar-refractivity contribution in [3.8, 4) is 17.1 Å². The Morgan fingerprint density at radius 1 is 1.15 bits per heavy atom. The molecule has 1 aliphatic rings. The Balaban J connectivity index is 1.56. The van der Waals surface area contributed by atoms with Crippen molar-refractivity contribution in [3.05, 3.63) is 66.4 Å². The van der Waals surface area contributed by atoms with E-state index in [0.717, 1.165) is 0 Å². The molecule has 1 N–H and O–H groups in total. The number of carbonyl (C=O) groups excluding carboxylic acids is 1. The number of hydrogen-bond donors (Lipinski definition) is 1. The van der Waals surface area contributed by atoms with Crippen LogP contribution in [0.1, 0.15) is 12.6 Å². The summed E-state index contributed by atoms with van der Waals surface area (Å²) in [4.78, 5) is 23.4. The van der Waals surface area contributed by atoms with Gasteiger partial charge in [-0.15, -0.1) is 0 Å². The van der Waals surface area contributed by atoms with E-state index in [4.69, 9.17) is 14.5 Å². The van der Waals surface area contributed by atoms with Gasteiger partial charge in [0.15, 0.2) is 15.7 Å². The molecule has 1 fully saturated rings. The average molecular weight is 483 g/mol. The molecule has 178 valence electrons. The number of nitrogens with zero attached hydrogens (tertiary/aromatic N) is 3. The van der Waals surface area contributed by atoms with Gasteiger partial charge in [-0.1, -0.05) is 18.2 Å². The van der Waals surface area contributed by atoms with Gasteiger partial charge in [-0.2, -0.15) is 0 Å². The van der Waals surface area contributed by atoms with Crippen LogP contribution >= 0.6 is 0 Å². The number of sulfone groups is 1. The van der Waals surface area contributed by atoms with Gasteiger partial charge in [0.05, 0.1) is 30.7 Å². The van der Waals surface area contributed by atoms with Gasteiger partial charge in [-0.3, -0.25) is 5.32 Å². The van der Waals surface area contributed by atoms with E-state index in [1.54, 1.807) is 54.6 Å². The number of anilines is 2. The predicted molar refractivity (Wildman–Crippen MR) is 130 cm³/mol. The highest BCUT2D eigenvalue weighted by molar-refractivity contribution is 7.89. The number of rotatable bonds is 6. The summed E-state index contributed by atoms with van der Waals surface area (Å²) < 4.78 is 34.6. The van der Waals surface area contributed by atoms with Crippen molar-refractivity contribution in [2.45, 2.75) is 18.7 Å². The third-order valence-corrected chi connectivity index (χ3v) is 6.00. The van der Waals surface area contributed by atoms with E-state index in [1.165, 1.54) is 6.26 Å². The monoisotopic (exact) mass is 482 g/mol. The first-order chi connectivity index (χ1) is 16.3. The maximum Gasteiger partial charge on any atom is 0.417 e. The first-order valence-corrected chi connectivity index (χ1v) is 12.9. The lowest BCUT2D eigenvalue weighted by atomic mass is 10.2. The third kappa shape index (κ3) is 6.30. The second kappa shape index (κ2) is 10.2. The van der Waals surface area contributed by atoms with Crippen LogP contribution in [-0.4, -0.2) is 56.5 Å². The van der Waals surface area contributed by atoms with Crippen LogP contribution in [0.5, 0.6) is 5.75 Å². The van der Waals surface area contributed by atoms with E-state index in [2.05, 4.69) is 15.2 Å². The molecule has 1 saturated heterocycles. The fourth-order valence-electron chi connectivity index (χ4n) is 3.61. The van der Waals surface area contributed by atoms with Crippen molar-refractivity contribution in [2.75, 3.05) is 36.2 Å². The Morgan fingerprint density at radius 2 is 1.88 bits per heavy atom. The van der Waals surface area contributed by atoms with Gasteiger partial charge in [0.25, 0.3) is 0 Å². The molecule has 9 nitrogen and oxygen atoms in total. The lowest BCUT2D eigenvalue weighted by molar-refractivity contribution is 0.0985. The molecule has 0 saturated carbocycles. The summed E-state index contributed by atoms with van der Waals surface area (Å²) in [6.45, 7) is 3.83. The Labute approximate surface area is 198 Å². The maximum atomic E-state index is 12.1. The zero-order valence-corrected chi connectivity index (χ0v) is 19.8. The summed E-state index contributed by atoms with van der Waals surface area (Å²) in [6, 6.07) is 17.6. The molecule has 0 bridgehead atoms. The standard InChI is InChI=1S/C24H26N4O5S/c1-17-15-32-13-12-28(17)22-14-20(16-34(2,30)31)25-23(27-22)18-8-10-19(11-9-18)26-24(29)33-21-6-4-3-5-7-21/h3-11,14,17H,12-13,15-16H2,1-2H3,(H,26,29)/t17-/m0/s1. The molecule has 10 heteroatoms. The van der Waals surface area contributed by atoms with Crippen LogP contribution in [0.15, 0.2) is 60.7 Å². The third-order valence-electron chi connectivity index (χ3n) is 5.18. The van der Waals surface area contributed by atoms with Crippen molar-refractivity contribution < 1.29 is 22.7 Å². The molecule has 1 aromatic heterocycles. The normalized spacial score (nSPS) is 16.2. The minimum absolute atomic E-state index is 0.102. The Bertz CT molecular complexity index is 1250. The topological polar surface area (TPSA) is 111 Å². The maximum absolute atomic E-state index is 12.1. The largest absolute Gasteiger partial charge is 0.417 e. The average Bonchev–Trinajstić information content (AvgIpc) is 2.79. The summed E-state index contributed by atoms with van der Waals surface area (Å²) in [7, 11) is -3.28. The molecular formula is C24H26N4O5S. The highest BCUT2D eigenvalue weighted by Gasteiger charge is 2.22. The highest BCUT2D eigenvalue weighted by Crippen LogP contribution is 2.25. The van der Waals surface area contributed by atoms with Crippen molar-refractivity contribution in [1.82, 2.24) is 9.97 Å². The van der Waals surface area contributed by atoms with Gasteiger partial charge in [-0.05, 0) is 43.3 Å². The molecule has 3 aromatic rings. The zero-order chi connectivity index (χ0) is 24.1. The molecule has 0 spiro atoms. The van der Waals surface area contributed by atoms with Gasteiger partial charge in [-0.25, -0.2) is 23.2 Å². The molecule has 34 heavy (non-hydrogen) atoms. The zero-order valence-electron chi connectivity index (χ0n) is 19.0. The number of morpholine rings is 1. The van der Waals surface area contributed by atoms with Gasteiger partial charge in [0, 0.05) is 30.1 Å². The summed E-state index contributed by atoms with van der Waals surface area (Å²) in [6.07, 6.45) is 0.579. The molecule has 0 unspecified atom stereocenters. The van der Waals surface area contributed by atoms with Crippen molar-refractivity contribution in [1.29, 1.82) is 0 Å². The molecule has 1 atom stereocenters. The van der Waals surface area contributed by atoms with Gasteiger partial charge in [0.1, 0.15) is 11.6 Å². The van der Waals surface area contributed by atoms with Crippen LogP contribution in [0.25, 0.3) is 11.4 Å². The SMILES string of the molecule is C[C@H]1COCCN1c1cc(CS(C)(=O)=O)nc(-c2ccc(NC(=O)Oc3ccccc3)cc2)n1. The Hall–Kier alpha value is -3.50. The summed E-state index contributed by atoms with van der Waals surface area (Å²) in [5, 5.41) is 2.68. The number of aromatic nitrogens is 2. The van der Waals surface area contributed by atoms with Crippen LogP contribution in [0.2, 0.25) is 0 Å². The van der Waals surface area contributed by atoms with Gasteiger partial charge in [0.2, 0.25) is 0 Å². The quantitative estimate of drug-likeness (QED) is 0.568. The first kappa shape index (κ1) is 23.7. The Kier molecular flexibility index (Phi) is 7.09.